The molecular weight excluding hydrogens is 386 g/mol. The number of carbonyl (C=O) groups excluding carboxylic acids is 3. The monoisotopic (exact) mass is 409 g/mol. The Hall–Kier alpha value is -3.88. The van der Waals surface area contributed by atoms with E-state index in [2.05, 4.69) is 10.4 Å². The van der Waals surface area contributed by atoms with Gasteiger partial charge in [-0.25, -0.2) is 0 Å². The number of benzene rings is 2. The number of primary amides is 1. The average Bonchev–Trinajstić information content (AvgIpc) is 3.19. The van der Waals surface area contributed by atoms with Crippen LogP contribution in [0.25, 0.3) is 0 Å². The molecule has 1 unspecified atom stereocenters. The normalized spacial score (nSPS) is 15.3. The first-order chi connectivity index (χ1) is 14.4. The van der Waals surface area contributed by atoms with Crippen LogP contribution in [0.15, 0.2) is 59.7 Å². The molecule has 2 aromatic carbocycles. The summed E-state index contributed by atoms with van der Waals surface area (Å²) in [6.45, 7) is -0.179. The smallest absolute Gasteiger partial charge is 0.270 e. The molecule has 3 rings (SSSR count). The molecule has 0 fully saturated rings. The number of rotatable bonds is 7. The highest BCUT2D eigenvalue weighted by Gasteiger charge is 2.36. The molecule has 9 nitrogen and oxygen atoms in total. The molecule has 0 aliphatic carbocycles. The molecule has 156 valence electrons. The molecule has 1 atom stereocenters. The lowest BCUT2D eigenvalue weighted by molar-refractivity contribution is -0.127. The summed E-state index contributed by atoms with van der Waals surface area (Å²) in [6.07, 6.45) is 0.0743. The quantitative estimate of drug-likeness (QED) is 0.713. The van der Waals surface area contributed by atoms with Crippen molar-refractivity contribution in [1.82, 2.24) is 4.90 Å². The summed E-state index contributed by atoms with van der Waals surface area (Å²) in [5.74, 6) is -0.788. The lowest BCUT2D eigenvalue weighted by Gasteiger charge is -2.20. The number of ether oxygens (including phenoxy) is 1. The van der Waals surface area contributed by atoms with Gasteiger partial charge in [0.1, 0.15) is 17.5 Å². The van der Waals surface area contributed by atoms with Crippen LogP contribution in [0.5, 0.6) is 5.75 Å². The number of likely N-dealkylation sites (N-methyl/N-ethyl adjacent to an activating group) is 1. The van der Waals surface area contributed by atoms with Crippen molar-refractivity contribution >= 4 is 34.8 Å². The predicted molar refractivity (Wildman–Crippen MR) is 113 cm³/mol. The van der Waals surface area contributed by atoms with Gasteiger partial charge in [-0.1, -0.05) is 24.3 Å². The largest absolute Gasteiger partial charge is 0.497 e. The van der Waals surface area contributed by atoms with Crippen LogP contribution in [0.3, 0.4) is 0 Å². The number of anilines is 2. The zero-order valence-corrected chi connectivity index (χ0v) is 16.7. The number of nitrogens with one attached hydrogen (secondary N) is 1. The third kappa shape index (κ3) is 4.75. The third-order valence-electron chi connectivity index (χ3n) is 4.59. The molecular formula is C21H23N5O4. The molecule has 9 heteroatoms. The summed E-state index contributed by atoms with van der Waals surface area (Å²) in [5, 5.41) is 8.47. The van der Waals surface area contributed by atoms with E-state index in [0.29, 0.717) is 17.1 Å². The minimum Gasteiger partial charge on any atom is -0.497 e. The van der Waals surface area contributed by atoms with E-state index in [-0.39, 0.29) is 24.6 Å². The molecule has 1 aliphatic heterocycles. The number of carbonyl (C=O) groups is 3. The molecule has 3 amide bonds. The standard InChI is InChI=1S/C21H23N5O4/c1-25(13-19(27)23-14-7-6-10-16(11-14)30-2)21(29)17-12-18(20(22)28)26(24-17)15-8-4-3-5-9-15/h3-11,18H,12-13H2,1-2H3,(H2,22,28)(H,23,27). The molecule has 30 heavy (non-hydrogen) atoms. The Morgan fingerprint density at radius 2 is 1.93 bits per heavy atom. The van der Waals surface area contributed by atoms with Gasteiger partial charge in [0.2, 0.25) is 11.8 Å². The summed E-state index contributed by atoms with van der Waals surface area (Å²) >= 11 is 0. The number of hydrogen-bond acceptors (Lipinski definition) is 6. The maximum absolute atomic E-state index is 12.8. The molecule has 0 radical (unpaired) electrons. The van der Waals surface area contributed by atoms with E-state index in [1.165, 1.54) is 24.1 Å². The molecule has 1 aliphatic rings. The van der Waals surface area contributed by atoms with Crippen molar-refractivity contribution < 1.29 is 19.1 Å². The summed E-state index contributed by atoms with van der Waals surface area (Å²) in [6, 6.07) is 15.1. The van der Waals surface area contributed by atoms with Crippen LogP contribution in [-0.2, 0) is 14.4 Å². The molecule has 0 saturated heterocycles. The van der Waals surface area contributed by atoms with Crippen LogP contribution in [-0.4, -0.2) is 55.1 Å². The topological polar surface area (TPSA) is 117 Å². The maximum atomic E-state index is 12.8. The van der Waals surface area contributed by atoms with E-state index in [1.54, 1.807) is 48.5 Å². The molecule has 0 spiro atoms. The highest BCUT2D eigenvalue weighted by Crippen LogP contribution is 2.24. The van der Waals surface area contributed by atoms with Crippen LogP contribution < -0.4 is 20.8 Å². The first-order valence-electron chi connectivity index (χ1n) is 9.29. The van der Waals surface area contributed by atoms with Crippen molar-refractivity contribution in [3.05, 3.63) is 54.6 Å². The third-order valence-corrected chi connectivity index (χ3v) is 4.59. The molecule has 3 N–H and O–H groups in total. The van der Waals surface area contributed by atoms with Crippen molar-refractivity contribution in [3.8, 4) is 5.75 Å². The summed E-state index contributed by atoms with van der Waals surface area (Å²) in [5.41, 5.74) is 6.88. The van der Waals surface area contributed by atoms with Crippen molar-refractivity contribution in [1.29, 1.82) is 0 Å². The van der Waals surface area contributed by atoms with E-state index < -0.39 is 17.9 Å². The lowest BCUT2D eigenvalue weighted by atomic mass is 10.1. The Bertz CT molecular complexity index is 976. The number of hydrazone groups is 1. The highest BCUT2D eigenvalue weighted by molar-refractivity contribution is 6.40. The Morgan fingerprint density at radius 3 is 2.60 bits per heavy atom. The Balaban J connectivity index is 1.67. The fourth-order valence-corrected chi connectivity index (χ4v) is 3.09. The van der Waals surface area contributed by atoms with Crippen LogP contribution in [0, 0.1) is 0 Å². The molecule has 1 heterocycles. The van der Waals surface area contributed by atoms with Gasteiger partial charge in [0.25, 0.3) is 5.91 Å². The van der Waals surface area contributed by atoms with Crippen LogP contribution in [0.2, 0.25) is 0 Å². The SMILES string of the molecule is COc1cccc(NC(=O)CN(C)C(=O)C2=NN(c3ccccc3)C(C(N)=O)C2)c1. The van der Waals surface area contributed by atoms with Crippen LogP contribution in [0.1, 0.15) is 6.42 Å². The van der Waals surface area contributed by atoms with Gasteiger partial charge >= 0.3 is 0 Å². The van der Waals surface area contributed by atoms with E-state index in [9.17, 15) is 14.4 Å². The minimum absolute atomic E-state index is 0.0743. The number of amides is 3. The minimum atomic E-state index is -0.759. The Morgan fingerprint density at radius 1 is 1.20 bits per heavy atom. The summed E-state index contributed by atoms with van der Waals surface area (Å²) < 4.78 is 5.13. The zero-order valence-electron chi connectivity index (χ0n) is 16.7. The van der Waals surface area contributed by atoms with Gasteiger partial charge in [0, 0.05) is 25.2 Å². The maximum Gasteiger partial charge on any atom is 0.270 e. The molecule has 0 bridgehead atoms. The van der Waals surface area contributed by atoms with Crippen LogP contribution in [0.4, 0.5) is 11.4 Å². The van der Waals surface area contributed by atoms with Gasteiger partial charge in [-0.3, -0.25) is 19.4 Å². The van der Waals surface area contributed by atoms with Gasteiger partial charge in [0.15, 0.2) is 0 Å². The molecule has 2 aromatic rings. The Labute approximate surface area is 174 Å². The number of hydrogen-bond donors (Lipinski definition) is 2. The number of methoxy groups -OCH3 is 1. The van der Waals surface area contributed by atoms with Crippen molar-refractivity contribution in [2.45, 2.75) is 12.5 Å². The average molecular weight is 409 g/mol. The first kappa shape index (κ1) is 20.8. The second kappa shape index (κ2) is 9.08. The zero-order chi connectivity index (χ0) is 21.7. The van der Waals surface area contributed by atoms with Crippen molar-refractivity contribution in [2.24, 2.45) is 10.8 Å². The van der Waals surface area contributed by atoms with Gasteiger partial charge in [0.05, 0.1) is 19.3 Å². The van der Waals surface area contributed by atoms with Gasteiger partial charge in [-0.05, 0) is 24.3 Å². The first-order valence-corrected chi connectivity index (χ1v) is 9.29. The summed E-state index contributed by atoms with van der Waals surface area (Å²) in [4.78, 5) is 38.2. The van der Waals surface area contributed by atoms with E-state index >= 15 is 0 Å². The van der Waals surface area contributed by atoms with Gasteiger partial charge < -0.3 is 20.7 Å². The number of para-hydroxylation sites is 1. The summed E-state index contributed by atoms with van der Waals surface area (Å²) in [7, 11) is 3.04. The van der Waals surface area contributed by atoms with E-state index in [4.69, 9.17) is 10.5 Å². The van der Waals surface area contributed by atoms with E-state index in [0.717, 1.165) is 0 Å². The van der Waals surface area contributed by atoms with Crippen molar-refractivity contribution in [2.75, 3.05) is 31.0 Å². The van der Waals surface area contributed by atoms with E-state index in [1.807, 2.05) is 6.07 Å². The van der Waals surface area contributed by atoms with Gasteiger partial charge in [-0.15, -0.1) is 0 Å². The molecule has 0 aromatic heterocycles. The fourth-order valence-electron chi connectivity index (χ4n) is 3.09. The second-order valence-electron chi connectivity index (χ2n) is 6.79. The van der Waals surface area contributed by atoms with Crippen molar-refractivity contribution in [3.63, 3.8) is 0 Å². The van der Waals surface area contributed by atoms with Gasteiger partial charge in [-0.2, -0.15) is 5.10 Å². The highest BCUT2D eigenvalue weighted by atomic mass is 16.5. The predicted octanol–water partition coefficient (Wildman–Crippen LogP) is 1.21. The number of nitrogens with zero attached hydrogens (tertiary/aromatic N) is 3. The lowest BCUT2D eigenvalue weighted by Crippen LogP contribution is -2.41. The molecule has 0 saturated carbocycles. The second-order valence-corrected chi connectivity index (χ2v) is 6.79. The Kier molecular flexibility index (Phi) is 6.31. The number of nitrogens with two attached hydrogens (primary N) is 1. The van der Waals surface area contributed by atoms with Crippen LogP contribution >= 0.6 is 0 Å². The fraction of sp³-hybridized carbons (Fsp3) is 0.238.